The molecule has 1 unspecified atom stereocenters. The number of amides is 3. The van der Waals surface area contributed by atoms with E-state index in [4.69, 9.17) is 80.5 Å². The highest BCUT2D eigenvalue weighted by atomic mass is 16.6. The van der Waals surface area contributed by atoms with Crippen LogP contribution in [0.2, 0.25) is 0 Å². The standard InChI is InChI=1S/C71H125N3O23/c1-57(2)63(53-62(75)55-74-66(77)54-64(68(74)79)70(4,5)6)67(78)72-58(3)65(76)52-59-16-17-61(56-97-69(80)71(7,8)9)60(51-59)15-12-18-73(19-13-21-83-27-29-87-35-37-91-43-45-95-49-47-93-41-39-89-33-31-85-25-23-81-10)20-14-22-84-28-30-88-36-38-92-44-46-96-50-48-94-42-40-90-34-32-86-26-24-82-11/h16-17,51,57-58,63-64H,12-15,18-50,52-56H2,1-11H3,(H,72,78)/t58-,63-,64?/m0/s1. The molecule has 562 valence electrons. The Morgan fingerprint density at radius 1 is 0.515 bits per heavy atom. The molecule has 0 saturated carbocycles. The summed E-state index contributed by atoms with van der Waals surface area (Å²) in [5, 5.41) is 2.84. The van der Waals surface area contributed by atoms with Gasteiger partial charge in [-0.1, -0.05) is 52.8 Å². The van der Waals surface area contributed by atoms with E-state index in [9.17, 15) is 28.8 Å². The minimum Gasteiger partial charge on any atom is -0.460 e. The number of nitrogens with zero attached hydrogens (tertiary/aromatic N) is 2. The molecule has 1 aliphatic rings. The number of rotatable bonds is 66. The van der Waals surface area contributed by atoms with Gasteiger partial charge in [0.1, 0.15) is 6.61 Å². The number of hydrogen-bond donors (Lipinski definition) is 1. The monoisotopic (exact) mass is 1390 g/mol. The number of esters is 1. The molecule has 0 radical (unpaired) electrons. The Morgan fingerprint density at radius 3 is 1.24 bits per heavy atom. The predicted octanol–water partition coefficient (Wildman–Crippen LogP) is 5.58. The molecular weight excluding hydrogens is 1260 g/mol. The summed E-state index contributed by atoms with van der Waals surface area (Å²) in [5.74, 6) is -3.73. The maximum absolute atomic E-state index is 13.9. The van der Waals surface area contributed by atoms with Crippen LogP contribution in [0.1, 0.15) is 111 Å². The lowest BCUT2D eigenvalue weighted by Crippen LogP contribution is -2.45. The van der Waals surface area contributed by atoms with Crippen LogP contribution in [0.3, 0.4) is 0 Å². The van der Waals surface area contributed by atoms with Crippen LogP contribution in [-0.2, 0) is 129 Å². The van der Waals surface area contributed by atoms with Crippen LogP contribution in [-0.4, -0.2) is 290 Å². The third-order valence-corrected chi connectivity index (χ3v) is 15.4. The van der Waals surface area contributed by atoms with Gasteiger partial charge in [0.25, 0.3) is 0 Å². The molecule has 1 saturated heterocycles. The van der Waals surface area contributed by atoms with Crippen LogP contribution in [0.25, 0.3) is 0 Å². The number of likely N-dealkylation sites (tertiary alicyclic amines) is 1. The van der Waals surface area contributed by atoms with Gasteiger partial charge < -0.3 is 90.7 Å². The normalized spacial score (nSPS) is 14.4. The van der Waals surface area contributed by atoms with Gasteiger partial charge in [-0.2, -0.15) is 0 Å². The van der Waals surface area contributed by atoms with Crippen molar-refractivity contribution >= 4 is 35.3 Å². The second-order valence-corrected chi connectivity index (χ2v) is 26.0. The smallest absolute Gasteiger partial charge is 0.311 e. The van der Waals surface area contributed by atoms with Crippen LogP contribution in [0.5, 0.6) is 0 Å². The highest BCUT2D eigenvalue weighted by molar-refractivity contribution is 6.06. The third kappa shape index (κ3) is 45.5. The molecular formula is C71H125N3O23. The first-order valence-electron chi connectivity index (χ1n) is 34.9. The first kappa shape index (κ1) is 89.0. The molecule has 3 amide bonds. The number of methoxy groups -OCH3 is 2. The second kappa shape index (κ2) is 56.6. The Labute approximate surface area is 579 Å². The van der Waals surface area contributed by atoms with Crippen molar-refractivity contribution in [3.8, 4) is 0 Å². The minimum atomic E-state index is -0.876. The Kier molecular flexibility index (Phi) is 51.9. The Bertz CT molecular complexity index is 2160. The van der Waals surface area contributed by atoms with E-state index in [1.54, 1.807) is 41.9 Å². The number of hydrogen-bond acceptors (Lipinski definition) is 24. The maximum Gasteiger partial charge on any atom is 0.311 e. The van der Waals surface area contributed by atoms with E-state index in [0.29, 0.717) is 205 Å². The first-order chi connectivity index (χ1) is 46.7. The number of aryl methyl sites for hydroxylation is 1. The van der Waals surface area contributed by atoms with E-state index in [1.165, 1.54) is 0 Å². The predicted molar refractivity (Wildman–Crippen MR) is 363 cm³/mol. The topological polar surface area (TPSA) is 278 Å². The molecule has 3 atom stereocenters. The summed E-state index contributed by atoms with van der Waals surface area (Å²) >= 11 is 0. The Morgan fingerprint density at radius 2 is 0.887 bits per heavy atom. The van der Waals surface area contributed by atoms with Crippen molar-refractivity contribution in [1.82, 2.24) is 15.1 Å². The van der Waals surface area contributed by atoms with Gasteiger partial charge in [0.15, 0.2) is 11.6 Å². The molecule has 0 bridgehead atoms. The summed E-state index contributed by atoms with van der Waals surface area (Å²) in [6, 6.07) is 4.86. The quantitative estimate of drug-likeness (QED) is 0.0473. The summed E-state index contributed by atoms with van der Waals surface area (Å²) in [7, 11) is 3.27. The fraction of sp³-hybridized carbons (Fsp3) is 0.831. The van der Waals surface area contributed by atoms with Gasteiger partial charge in [-0.3, -0.25) is 33.7 Å². The molecule has 1 N–H and O–H groups in total. The van der Waals surface area contributed by atoms with Crippen LogP contribution >= 0.6 is 0 Å². The number of carbonyl (C=O) groups excluding carboxylic acids is 6. The molecule has 0 aliphatic carbocycles. The number of carbonyl (C=O) groups is 6. The van der Waals surface area contributed by atoms with Gasteiger partial charge in [-0.15, -0.1) is 0 Å². The molecule has 0 spiro atoms. The van der Waals surface area contributed by atoms with Crippen molar-refractivity contribution in [2.24, 2.45) is 28.6 Å². The summed E-state index contributed by atoms with van der Waals surface area (Å²) < 4.78 is 94.2. The fourth-order valence-corrected chi connectivity index (χ4v) is 9.66. The molecule has 1 fully saturated rings. The van der Waals surface area contributed by atoms with Crippen molar-refractivity contribution in [3.63, 3.8) is 0 Å². The molecule has 0 aromatic heterocycles. The van der Waals surface area contributed by atoms with E-state index in [0.717, 1.165) is 60.5 Å². The van der Waals surface area contributed by atoms with Crippen LogP contribution in [0.15, 0.2) is 18.2 Å². The van der Waals surface area contributed by atoms with E-state index < -0.39 is 46.3 Å². The van der Waals surface area contributed by atoms with Crippen LogP contribution in [0.4, 0.5) is 0 Å². The first-order valence-corrected chi connectivity index (χ1v) is 34.9. The molecule has 2 rings (SSSR count). The van der Waals surface area contributed by atoms with Crippen molar-refractivity contribution in [2.75, 3.05) is 239 Å². The Hall–Kier alpha value is -4.04. The number of ketones is 2. The average Bonchev–Trinajstić information content (AvgIpc) is 1.64. The molecule has 1 aromatic carbocycles. The SMILES string of the molecule is COCCOCCOCCOCCOCCOCCOCCOCCCN(CCCOCCOCCOCCOCCOCCOCCOCCOC)CCCc1cc(CC(=O)[C@H](C)NC(=O)[C@@H](CC(=O)CN2C(=O)CC(C(C)(C)C)C2=O)C(C)C)ccc1COC(=O)C(C)(C)C. The van der Waals surface area contributed by atoms with Crippen LogP contribution < -0.4 is 5.32 Å². The van der Waals surface area contributed by atoms with E-state index in [2.05, 4.69) is 10.2 Å². The summed E-state index contributed by atoms with van der Waals surface area (Å²) in [6.45, 7) is 33.0. The van der Waals surface area contributed by atoms with Crippen molar-refractivity contribution in [1.29, 1.82) is 0 Å². The van der Waals surface area contributed by atoms with E-state index >= 15 is 0 Å². The van der Waals surface area contributed by atoms with Gasteiger partial charge >= 0.3 is 5.97 Å². The number of benzene rings is 1. The van der Waals surface area contributed by atoms with E-state index in [1.807, 2.05) is 52.8 Å². The molecule has 1 aromatic rings. The van der Waals surface area contributed by atoms with Gasteiger partial charge in [0, 0.05) is 65.7 Å². The van der Waals surface area contributed by atoms with Gasteiger partial charge in [-0.25, -0.2) is 0 Å². The van der Waals surface area contributed by atoms with Crippen molar-refractivity contribution in [3.05, 3.63) is 34.9 Å². The Balaban J connectivity index is 1.90. The van der Waals surface area contributed by atoms with Gasteiger partial charge in [-0.05, 0) is 87.9 Å². The summed E-state index contributed by atoms with van der Waals surface area (Å²) in [6.07, 6.45) is 2.87. The lowest BCUT2D eigenvalue weighted by Gasteiger charge is -2.25. The van der Waals surface area contributed by atoms with Crippen LogP contribution in [0, 0.1) is 28.6 Å². The number of nitrogens with one attached hydrogen (secondary N) is 1. The zero-order valence-corrected chi connectivity index (χ0v) is 61.0. The average molecular weight is 1390 g/mol. The van der Waals surface area contributed by atoms with Gasteiger partial charge in [0.05, 0.1) is 209 Å². The number of ether oxygens (including phenoxy) is 17. The summed E-state index contributed by atoms with van der Waals surface area (Å²) in [4.78, 5) is 83.2. The molecule has 1 aliphatic heterocycles. The second-order valence-electron chi connectivity index (χ2n) is 26.0. The highest BCUT2D eigenvalue weighted by Crippen LogP contribution is 2.35. The zero-order chi connectivity index (χ0) is 71.2. The summed E-state index contributed by atoms with van der Waals surface area (Å²) in [5.41, 5.74) is 1.38. The third-order valence-electron chi connectivity index (χ3n) is 15.4. The van der Waals surface area contributed by atoms with Gasteiger partial charge in [0.2, 0.25) is 17.7 Å². The number of imide groups is 1. The number of Topliss-reactive ketones (excluding diaryl/α,β-unsaturated/α-hetero) is 2. The fourth-order valence-electron chi connectivity index (χ4n) is 9.66. The lowest BCUT2D eigenvalue weighted by molar-refractivity contribution is -0.154. The largest absolute Gasteiger partial charge is 0.460 e. The van der Waals surface area contributed by atoms with Crippen molar-refractivity contribution < 1.29 is 109 Å². The molecule has 26 nitrogen and oxygen atoms in total. The zero-order valence-electron chi connectivity index (χ0n) is 61.0. The molecule has 1 heterocycles. The lowest BCUT2D eigenvalue weighted by atomic mass is 9.80. The van der Waals surface area contributed by atoms with E-state index in [-0.39, 0.29) is 56.0 Å². The maximum atomic E-state index is 13.9. The molecule has 97 heavy (non-hydrogen) atoms. The van der Waals surface area contributed by atoms with Crippen molar-refractivity contribution in [2.45, 2.75) is 120 Å². The minimum absolute atomic E-state index is 0.0247. The molecule has 26 heteroatoms. The highest BCUT2D eigenvalue weighted by Gasteiger charge is 2.45.